The number of aliphatic hydroxyl groups is 6. The number of Topliss-reactive ketones (excluding diaryl/α,β-unsaturated/α-hetero) is 2. The Morgan fingerprint density at radius 1 is 0.412 bits per heavy atom. The zero-order valence-corrected chi connectivity index (χ0v) is 31.7. The highest BCUT2D eigenvalue weighted by atomic mass is 32.1. The molecule has 1 heterocycles. The molecule has 0 amide bonds. The fraction of sp³-hybridized carbons (Fsp3) is 0.951. The predicted octanol–water partition coefficient (Wildman–Crippen LogP) is 6.21. The highest BCUT2D eigenvalue weighted by Gasteiger charge is 2.52. The van der Waals surface area contributed by atoms with E-state index in [1.807, 2.05) is 0 Å². The molecule has 0 aromatic rings. The van der Waals surface area contributed by atoms with E-state index in [0.29, 0.717) is 12.8 Å². The standard InChI is InChI=1S/3C9H16O2.C9H12O2.C4H8O.CH4.H2S/c4*10-7-3-1-5-9(7)6-2-4-8(9)11;1-2-4-5-3-1;;/h3*7-8,10-11H,1-6H2;1-6H2;1-4H2;1H4;1H2/t7-,8+,9?;2*7-,8-,9?;;;;/m.10..../s1. The van der Waals surface area contributed by atoms with Crippen molar-refractivity contribution in [2.75, 3.05) is 13.2 Å². The van der Waals surface area contributed by atoms with E-state index in [-0.39, 0.29) is 85.4 Å². The Hall–Kier alpha value is -0.590. The average molecular weight is 743 g/mol. The van der Waals surface area contributed by atoms with E-state index in [1.54, 1.807) is 0 Å². The molecule has 9 rings (SSSR count). The molecule has 10 heteroatoms. The van der Waals surface area contributed by atoms with Crippen LogP contribution < -0.4 is 0 Å². The van der Waals surface area contributed by atoms with Crippen molar-refractivity contribution in [3.8, 4) is 0 Å². The zero-order valence-electron chi connectivity index (χ0n) is 30.7. The van der Waals surface area contributed by atoms with Crippen molar-refractivity contribution in [3.63, 3.8) is 0 Å². The summed E-state index contributed by atoms with van der Waals surface area (Å²) in [5.41, 5.74) is -0.722. The fourth-order valence-corrected chi connectivity index (χ4v) is 11.4. The molecule has 1 aliphatic heterocycles. The molecule has 298 valence electrons. The van der Waals surface area contributed by atoms with Gasteiger partial charge < -0.3 is 35.4 Å². The third-order valence-corrected chi connectivity index (χ3v) is 14.6. The lowest BCUT2D eigenvalue weighted by Crippen LogP contribution is -2.37. The first-order chi connectivity index (χ1) is 23.5. The second kappa shape index (κ2) is 19.8. The first-order valence-electron chi connectivity index (χ1n) is 20.3. The van der Waals surface area contributed by atoms with Crippen LogP contribution in [0, 0.1) is 21.7 Å². The van der Waals surface area contributed by atoms with Gasteiger partial charge in [-0.3, -0.25) is 9.59 Å². The Balaban J connectivity index is 0.000000173. The highest BCUT2D eigenvalue weighted by Crippen LogP contribution is 2.52. The van der Waals surface area contributed by atoms with Crippen LogP contribution >= 0.6 is 13.5 Å². The summed E-state index contributed by atoms with van der Waals surface area (Å²) in [7, 11) is 0. The van der Waals surface area contributed by atoms with Gasteiger partial charge in [-0.15, -0.1) is 0 Å². The molecular weight excluding hydrogens is 669 g/mol. The van der Waals surface area contributed by atoms with Crippen LogP contribution in [0.5, 0.6) is 0 Å². The molecule has 1 unspecified atom stereocenters. The summed E-state index contributed by atoms with van der Waals surface area (Å²) < 4.78 is 4.94. The van der Waals surface area contributed by atoms with Gasteiger partial charge in [0.25, 0.3) is 0 Å². The lowest BCUT2D eigenvalue weighted by molar-refractivity contribution is -0.136. The van der Waals surface area contributed by atoms with Crippen molar-refractivity contribution in [2.45, 2.75) is 211 Å². The SMILES string of the molecule is C.C1CCOC1.O=C1CCCC12CCCC2=O.O[C@@H]1CCCC12CCC[C@@H]2O.O[C@@H]1CCCC12CCC[C@H]2O.O[C@H]1CCCC12CCC[C@@H]2O.S. The van der Waals surface area contributed by atoms with Crippen LogP contribution in [0.3, 0.4) is 0 Å². The molecule has 4 spiro atoms. The molecule has 6 N–H and O–H groups in total. The van der Waals surface area contributed by atoms with Crippen molar-refractivity contribution in [3.05, 3.63) is 0 Å². The Morgan fingerprint density at radius 3 is 0.804 bits per heavy atom. The molecule has 8 saturated carbocycles. The van der Waals surface area contributed by atoms with Crippen LogP contribution in [-0.4, -0.2) is 92.0 Å². The molecule has 0 bridgehead atoms. The average Bonchev–Trinajstić information content (AvgIpc) is 3.93. The summed E-state index contributed by atoms with van der Waals surface area (Å²) in [5.74, 6) is 0.444. The minimum absolute atomic E-state index is 0. The largest absolute Gasteiger partial charge is 0.392 e. The summed E-state index contributed by atoms with van der Waals surface area (Å²) in [6.45, 7) is 2.00. The maximum Gasteiger partial charge on any atom is 0.146 e. The van der Waals surface area contributed by atoms with E-state index in [9.17, 15) is 40.2 Å². The minimum atomic E-state index is -0.472. The summed E-state index contributed by atoms with van der Waals surface area (Å²) in [4.78, 5) is 22.8. The third-order valence-electron chi connectivity index (χ3n) is 14.6. The monoisotopic (exact) mass is 743 g/mol. The van der Waals surface area contributed by atoms with Gasteiger partial charge in [-0.05, 0) is 116 Å². The molecule has 9 nitrogen and oxygen atoms in total. The van der Waals surface area contributed by atoms with Gasteiger partial charge in [-0.2, -0.15) is 13.5 Å². The van der Waals surface area contributed by atoms with E-state index in [0.717, 1.165) is 154 Å². The summed E-state index contributed by atoms with van der Waals surface area (Å²) >= 11 is 0. The first-order valence-corrected chi connectivity index (χ1v) is 20.3. The van der Waals surface area contributed by atoms with Crippen molar-refractivity contribution >= 4 is 25.1 Å². The summed E-state index contributed by atoms with van der Waals surface area (Å²) in [5, 5.41) is 58.1. The Bertz CT molecular complexity index is 908. The number of hydrogen-bond donors (Lipinski definition) is 6. The van der Waals surface area contributed by atoms with Crippen molar-refractivity contribution in [1.82, 2.24) is 0 Å². The predicted molar refractivity (Wildman–Crippen MR) is 204 cm³/mol. The second-order valence-electron chi connectivity index (χ2n) is 17.1. The van der Waals surface area contributed by atoms with Crippen LogP contribution in [0.4, 0.5) is 0 Å². The Morgan fingerprint density at radius 2 is 0.667 bits per heavy atom. The molecule has 7 atom stereocenters. The fourth-order valence-electron chi connectivity index (χ4n) is 11.4. The first kappa shape index (κ1) is 44.8. The van der Waals surface area contributed by atoms with Gasteiger partial charge in [0, 0.05) is 42.3 Å². The van der Waals surface area contributed by atoms with Crippen LogP contribution in [0.1, 0.15) is 174 Å². The maximum absolute atomic E-state index is 11.4. The normalized spacial score (nSPS) is 37.6. The smallest absolute Gasteiger partial charge is 0.146 e. The van der Waals surface area contributed by atoms with E-state index in [4.69, 9.17) is 4.74 Å². The molecule has 9 aliphatic rings. The Kier molecular flexibility index (Phi) is 17.4. The molecule has 0 radical (unpaired) electrons. The number of ether oxygens (including phenoxy) is 1. The molecule has 0 aromatic heterocycles. The number of ketones is 2. The summed E-state index contributed by atoms with van der Waals surface area (Å²) in [6.07, 6.45) is 24.3. The zero-order chi connectivity index (χ0) is 35.1. The van der Waals surface area contributed by atoms with Gasteiger partial charge in [0.1, 0.15) is 11.6 Å². The van der Waals surface area contributed by atoms with E-state index >= 15 is 0 Å². The summed E-state index contributed by atoms with van der Waals surface area (Å²) in [6, 6.07) is 0. The van der Waals surface area contributed by atoms with E-state index in [2.05, 4.69) is 0 Å². The molecule has 0 aromatic carbocycles. The van der Waals surface area contributed by atoms with Crippen LogP contribution in [-0.2, 0) is 14.3 Å². The molecule has 9 fully saturated rings. The van der Waals surface area contributed by atoms with Crippen molar-refractivity contribution < 1.29 is 45.0 Å². The maximum atomic E-state index is 11.4. The topological polar surface area (TPSA) is 165 Å². The highest BCUT2D eigenvalue weighted by molar-refractivity contribution is 7.59. The number of carbonyl (C=O) groups excluding carboxylic acids is 2. The number of carbonyl (C=O) groups is 2. The number of hydrogen-bond acceptors (Lipinski definition) is 9. The van der Waals surface area contributed by atoms with Gasteiger partial charge in [0.2, 0.25) is 0 Å². The van der Waals surface area contributed by atoms with Crippen LogP contribution in [0.15, 0.2) is 0 Å². The molecule has 51 heavy (non-hydrogen) atoms. The quantitative estimate of drug-likeness (QED) is 0.158. The van der Waals surface area contributed by atoms with Crippen molar-refractivity contribution in [1.29, 1.82) is 0 Å². The van der Waals surface area contributed by atoms with E-state index < -0.39 is 5.41 Å². The number of aliphatic hydroxyl groups excluding tert-OH is 6. The van der Waals surface area contributed by atoms with E-state index in [1.165, 1.54) is 12.8 Å². The second-order valence-corrected chi connectivity index (χ2v) is 17.1. The molecule has 1 saturated heterocycles. The van der Waals surface area contributed by atoms with Gasteiger partial charge in [0.05, 0.1) is 42.0 Å². The van der Waals surface area contributed by atoms with Gasteiger partial charge in [-0.25, -0.2) is 0 Å². The minimum Gasteiger partial charge on any atom is -0.392 e. The van der Waals surface area contributed by atoms with Gasteiger partial charge >= 0.3 is 0 Å². The lowest BCUT2D eigenvalue weighted by Gasteiger charge is -2.31. The van der Waals surface area contributed by atoms with Crippen LogP contribution in [0.2, 0.25) is 0 Å². The number of rotatable bonds is 0. The Labute approximate surface area is 315 Å². The molecular formula is C41H74O9S. The molecule has 8 aliphatic carbocycles. The van der Waals surface area contributed by atoms with Crippen LogP contribution in [0.25, 0.3) is 0 Å². The van der Waals surface area contributed by atoms with Gasteiger partial charge in [-0.1, -0.05) is 46.0 Å². The van der Waals surface area contributed by atoms with Gasteiger partial charge in [0.15, 0.2) is 0 Å². The third kappa shape index (κ3) is 9.45. The van der Waals surface area contributed by atoms with Crippen molar-refractivity contribution in [2.24, 2.45) is 21.7 Å². The lowest BCUT2D eigenvalue weighted by atomic mass is 9.80.